The first-order chi connectivity index (χ1) is 10.7. The average molecular weight is 306 g/mol. The lowest BCUT2D eigenvalue weighted by molar-refractivity contribution is 1.36. The van der Waals surface area contributed by atoms with Crippen molar-refractivity contribution in [1.82, 2.24) is 4.98 Å². The van der Waals surface area contributed by atoms with E-state index in [4.69, 9.17) is 22.6 Å². The van der Waals surface area contributed by atoms with Crippen molar-refractivity contribution >= 4 is 40.3 Å². The minimum absolute atomic E-state index is 0.458. The van der Waals surface area contributed by atoms with Crippen LogP contribution in [0.1, 0.15) is 16.7 Å². The molecule has 0 radical (unpaired) electrons. The second-order valence-corrected chi connectivity index (χ2v) is 5.29. The molecule has 0 atom stereocenters. The third-order valence-electron chi connectivity index (χ3n) is 3.41. The molecule has 0 unspecified atom stereocenters. The fourth-order valence-corrected chi connectivity index (χ4v) is 2.42. The van der Waals surface area contributed by atoms with Gasteiger partial charge >= 0.3 is 0 Å². The van der Waals surface area contributed by atoms with Crippen LogP contribution in [-0.4, -0.2) is 4.98 Å². The van der Waals surface area contributed by atoms with E-state index in [0.29, 0.717) is 16.4 Å². The van der Waals surface area contributed by atoms with Gasteiger partial charge in [-0.25, -0.2) is 4.98 Å². The molecule has 1 heterocycles. The summed E-state index contributed by atoms with van der Waals surface area (Å²) in [5.41, 5.74) is 8.45. The third kappa shape index (κ3) is 2.78. The molecule has 22 heavy (non-hydrogen) atoms. The number of hydrogen-bond acceptors (Lipinski definition) is 3. The summed E-state index contributed by atoms with van der Waals surface area (Å²) < 4.78 is 0. The molecule has 0 aliphatic heterocycles. The Hall–Kier alpha value is -2.83. The van der Waals surface area contributed by atoms with E-state index in [1.165, 1.54) is 0 Å². The third-order valence-corrected chi connectivity index (χ3v) is 3.64. The van der Waals surface area contributed by atoms with Gasteiger partial charge in [0, 0.05) is 22.2 Å². The maximum absolute atomic E-state index is 8.81. The van der Waals surface area contributed by atoms with Crippen molar-refractivity contribution in [2.45, 2.75) is 0 Å². The van der Waals surface area contributed by atoms with Crippen LogP contribution in [0.2, 0.25) is 5.02 Å². The number of fused-ring (bicyclic) bond motifs is 1. The smallest absolute Gasteiger partial charge is 0.131 e. The van der Waals surface area contributed by atoms with Crippen LogP contribution in [0.3, 0.4) is 0 Å². The van der Waals surface area contributed by atoms with Crippen LogP contribution in [-0.2, 0) is 0 Å². The van der Waals surface area contributed by atoms with Gasteiger partial charge in [-0.2, -0.15) is 5.26 Å². The van der Waals surface area contributed by atoms with E-state index in [1.807, 2.05) is 42.5 Å². The SMILES string of the molecule is N#Cc1ccc(/C=C/c2c(N)ncc3ccc(Cl)cc23)cc1. The lowest BCUT2D eigenvalue weighted by atomic mass is 10.0. The van der Waals surface area contributed by atoms with E-state index in [9.17, 15) is 0 Å². The number of hydrogen-bond donors (Lipinski definition) is 1. The molecule has 2 N–H and O–H groups in total. The van der Waals surface area contributed by atoms with Crippen molar-refractivity contribution in [3.8, 4) is 6.07 Å². The van der Waals surface area contributed by atoms with E-state index in [0.717, 1.165) is 21.9 Å². The maximum Gasteiger partial charge on any atom is 0.131 e. The van der Waals surface area contributed by atoms with Gasteiger partial charge < -0.3 is 5.73 Å². The largest absolute Gasteiger partial charge is 0.383 e. The first-order valence-electron chi connectivity index (χ1n) is 6.69. The Morgan fingerprint density at radius 3 is 2.59 bits per heavy atom. The predicted molar refractivity (Wildman–Crippen MR) is 91.3 cm³/mol. The Morgan fingerprint density at radius 1 is 1.09 bits per heavy atom. The zero-order valence-corrected chi connectivity index (χ0v) is 12.4. The monoisotopic (exact) mass is 305 g/mol. The molecule has 2 aromatic carbocycles. The Morgan fingerprint density at radius 2 is 1.86 bits per heavy atom. The van der Waals surface area contributed by atoms with Crippen LogP contribution in [0.4, 0.5) is 5.82 Å². The summed E-state index contributed by atoms with van der Waals surface area (Å²) in [5.74, 6) is 0.458. The number of anilines is 1. The molecule has 0 aliphatic rings. The van der Waals surface area contributed by atoms with Gasteiger partial charge in [-0.3, -0.25) is 0 Å². The van der Waals surface area contributed by atoms with Gasteiger partial charge in [0.1, 0.15) is 5.82 Å². The predicted octanol–water partition coefficient (Wildman–Crippen LogP) is 4.51. The lowest BCUT2D eigenvalue weighted by Crippen LogP contribution is -1.94. The summed E-state index contributed by atoms with van der Waals surface area (Å²) in [4.78, 5) is 4.22. The number of aromatic nitrogens is 1. The second-order valence-electron chi connectivity index (χ2n) is 4.86. The van der Waals surface area contributed by atoms with Crippen molar-refractivity contribution < 1.29 is 0 Å². The highest BCUT2D eigenvalue weighted by molar-refractivity contribution is 6.31. The summed E-state index contributed by atoms with van der Waals surface area (Å²) in [6.45, 7) is 0. The molecule has 0 saturated carbocycles. The molecular weight excluding hydrogens is 294 g/mol. The fraction of sp³-hybridized carbons (Fsp3) is 0. The van der Waals surface area contributed by atoms with Crippen LogP contribution in [0, 0.1) is 11.3 Å². The minimum Gasteiger partial charge on any atom is -0.383 e. The Kier molecular flexibility index (Phi) is 3.78. The average Bonchev–Trinajstić information content (AvgIpc) is 2.54. The van der Waals surface area contributed by atoms with Crippen LogP contribution < -0.4 is 5.73 Å². The number of nitrogen functional groups attached to an aromatic ring is 1. The van der Waals surface area contributed by atoms with E-state index >= 15 is 0 Å². The standard InChI is InChI=1S/C18H12ClN3/c19-15-7-6-14-11-22-18(21)16(17(14)9-15)8-5-12-1-3-13(10-20)4-2-12/h1-9,11H,(H2,21,22)/b8-5+. The zero-order chi connectivity index (χ0) is 15.5. The maximum atomic E-state index is 8.81. The Bertz CT molecular complexity index is 901. The second kappa shape index (κ2) is 5.88. The van der Waals surface area contributed by atoms with Crippen LogP contribution >= 0.6 is 11.6 Å². The number of rotatable bonds is 2. The van der Waals surface area contributed by atoms with E-state index < -0.39 is 0 Å². The normalized spacial score (nSPS) is 10.9. The summed E-state index contributed by atoms with van der Waals surface area (Å²) >= 11 is 6.08. The molecule has 0 amide bonds. The highest BCUT2D eigenvalue weighted by Crippen LogP contribution is 2.27. The topological polar surface area (TPSA) is 62.7 Å². The Balaban J connectivity index is 2.05. The number of benzene rings is 2. The summed E-state index contributed by atoms with van der Waals surface area (Å²) in [6, 6.07) is 15.1. The number of nitrogens with zero attached hydrogens (tertiary/aromatic N) is 2. The van der Waals surface area contributed by atoms with Gasteiger partial charge in [0.25, 0.3) is 0 Å². The molecule has 0 bridgehead atoms. The highest BCUT2D eigenvalue weighted by Gasteiger charge is 2.05. The number of nitriles is 1. The van der Waals surface area contributed by atoms with E-state index in [2.05, 4.69) is 11.1 Å². The summed E-state index contributed by atoms with van der Waals surface area (Å²) in [5, 5.41) is 11.4. The van der Waals surface area contributed by atoms with Gasteiger partial charge in [-0.1, -0.05) is 42.0 Å². The first kappa shape index (κ1) is 14.1. The number of pyridine rings is 1. The zero-order valence-electron chi connectivity index (χ0n) is 11.6. The summed E-state index contributed by atoms with van der Waals surface area (Å²) in [7, 11) is 0. The molecule has 1 aromatic heterocycles. The summed E-state index contributed by atoms with van der Waals surface area (Å²) in [6.07, 6.45) is 5.59. The van der Waals surface area contributed by atoms with Crippen molar-refractivity contribution in [2.24, 2.45) is 0 Å². The van der Waals surface area contributed by atoms with Crippen LogP contribution in [0.5, 0.6) is 0 Å². The van der Waals surface area contributed by atoms with Crippen molar-refractivity contribution in [3.05, 3.63) is 70.4 Å². The van der Waals surface area contributed by atoms with Crippen molar-refractivity contribution in [2.75, 3.05) is 5.73 Å². The van der Waals surface area contributed by atoms with Crippen molar-refractivity contribution in [3.63, 3.8) is 0 Å². The highest BCUT2D eigenvalue weighted by atomic mass is 35.5. The lowest BCUT2D eigenvalue weighted by Gasteiger charge is -2.06. The van der Waals surface area contributed by atoms with Gasteiger partial charge in [-0.15, -0.1) is 0 Å². The molecule has 3 aromatic rings. The molecular formula is C18H12ClN3. The molecule has 3 nitrogen and oxygen atoms in total. The van der Waals surface area contributed by atoms with E-state index in [-0.39, 0.29) is 0 Å². The fourth-order valence-electron chi connectivity index (χ4n) is 2.24. The van der Waals surface area contributed by atoms with Gasteiger partial charge in [0.05, 0.1) is 11.6 Å². The molecule has 0 saturated heterocycles. The van der Waals surface area contributed by atoms with E-state index in [1.54, 1.807) is 18.3 Å². The first-order valence-corrected chi connectivity index (χ1v) is 7.07. The molecule has 0 fully saturated rings. The van der Waals surface area contributed by atoms with Gasteiger partial charge in [0.2, 0.25) is 0 Å². The molecule has 3 rings (SSSR count). The quantitative estimate of drug-likeness (QED) is 0.757. The Labute approximate surface area is 133 Å². The molecule has 106 valence electrons. The van der Waals surface area contributed by atoms with Crippen molar-refractivity contribution in [1.29, 1.82) is 5.26 Å². The van der Waals surface area contributed by atoms with Crippen LogP contribution in [0.25, 0.3) is 22.9 Å². The minimum atomic E-state index is 0.458. The van der Waals surface area contributed by atoms with Crippen LogP contribution in [0.15, 0.2) is 48.7 Å². The number of nitrogens with two attached hydrogens (primary N) is 1. The van der Waals surface area contributed by atoms with Gasteiger partial charge in [0.15, 0.2) is 0 Å². The number of halogens is 1. The molecule has 0 aliphatic carbocycles. The molecule has 4 heteroatoms. The van der Waals surface area contributed by atoms with Gasteiger partial charge in [-0.05, 0) is 35.2 Å². The molecule has 0 spiro atoms.